The van der Waals surface area contributed by atoms with Gasteiger partial charge in [-0.15, -0.1) is 11.3 Å². The standard InChI is InChI=1S/C26H27NO5S/c1-26(2,25(29)30)27-16-17-7-9-18(10-8-17)21(28)12-11-19-14-20(24-6-5-13-33-24)23(32-4)15-22(19)31-3/h5-15,27H,16H2,1-4H3,(H,29,30)/b12-11+. The molecular formula is C26H27NO5S. The van der Waals surface area contributed by atoms with Crippen molar-refractivity contribution in [2.24, 2.45) is 0 Å². The fraction of sp³-hybridized carbons (Fsp3) is 0.231. The summed E-state index contributed by atoms with van der Waals surface area (Å²) in [6, 6.07) is 14.9. The number of thiophene rings is 1. The van der Waals surface area contributed by atoms with Crippen molar-refractivity contribution in [3.63, 3.8) is 0 Å². The van der Waals surface area contributed by atoms with E-state index in [-0.39, 0.29) is 5.78 Å². The predicted octanol–water partition coefficient (Wildman–Crippen LogP) is 5.28. The number of aliphatic carboxylic acids is 1. The molecule has 0 saturated carbocycles. The summed E-state index contributed by atoms with van der Waals surface area (Å²) in [7, 11) is 3.20. The van der Waals surface area contributed by atoms with Crippen LogP contribution in [-0.2, 0) is 11.3 Å². The second-order valence-electron chi connectivity index (χ2n) is 7.95. The Morgan fingerprint density at radius 1 is 1.06 bits per heavy atom. The molecule has 0 amide bonds. The molecule has 1 aromatic heterocycles. The number of hydrogen-bond acceptors (Lipinski definition) is 6. The third-order valence-corrected chi connectivity index (χ3v) is 6.16. The Labute approximate surface area is 197 Å². The van der Waals surface area contributed by atoms with Crippen molar-refractivity contribution in [2.75, 3.05) is 14.2 Å². The van der Waals surface area contributed by atoms with Crippen LogP contribution in [-0.4, -0.2) is 36.6 Å². The number of nitrogens with one attached hydrogen (secondary N) is 1. The van der Waals surface area contributed by atoms with E-state index in [0.717, 1.165) is 21.6 Å². The van der Waals surface area contributed by atoms with E-state index in [4.69, 9.17) is 9.47 Å². The molecule has 6 nitrogen and oxygen atoms in total. The first-order valence-corrected chi connectivity index (χ1v) is 11.2. The van der Waals surface area contributed by atoms with Crippen molar-refractivity contribution in [3.05, 3.63) is 76.7 Å². The van der Waals surface area contributed by atoms with Gasteiger partial charge in [-0.05, 0) is 49.1 Å². The van der Waals surface area contributed by atoms with E-state index in [9.17, 15) is 14.7 Å². The Morgan fingerprint density at radius 2 is 1.76 bits per heavy atom. The summed E-state index contributed by atoms with van der Waals surface area (Å²) in [5.41, 5.74) is 2.10. The zero-order valence-electron chi connectivity index (χ0n) is 19.0. The van der Waals surface area contributed by atoms with Crippen LogP contribution in [0.3, 0.4) is 0 Å². The van der Waals surface area contributed by atoms with Gasteiger partial charge in [-0.2, -0.15) is 0 Å². The lowest BCUT2D eigenvalue weighted by atomic mass is 10.0. The van der Waals surface area contributed by atoms with E-state index in [1.165, 1.54) is 6.08 Å². The average molecular weight is 466 g/mol. The first-order valence-electron chi connectivity index (χ1n) is 10.3. The second kappa shape index (κ2) is 10.5. The number of methoxy groups -OCH3 is 2. The number of hydrogen-bond donors (Lipinski definition) is 2. The van der Waals surface area contributed by atoms with Gasteiger partial charge < -0.3 is 14.6 Å². The summed E-state index contributed by atoms with van der Waals surface area (Å²) in [4.78, 5) is 25.0. The fourth-order valence-corrected chi connectivity index (χ4v) is 3.87. The van der Waals surface area contributed by atoms with E-state index in [0.29, 0.717) is 23.6 Å². The van der Waals surface area contributed by atoms with Gasteiger partial charge in [0.1, 0.15) is 17.0 Å². The minimum Gasteiger partial charge on any atom is -0.496 e. The molecule has 0 fully saturated rings. The molecule has 0 atom stereocenters. The third kappa shape index (κ3) is 5.88. The summed E-state index contributed by atoms with van der Waals surface area (Å²) >= 11 is 1.61. The van der Waals surface area contributed by atoms with Gasteiger partial charge in [0.05, 0.1) is 14.2 Å². The van der Waals surface area contributed by atoms with E-state index in [1.54, 1.807) is 57.6 Å². The maximum Gasteiger partial charge on any atom is 0.323 e. The molecule has 33 heavy (non-hydrogen) atoms. The van der Waals surface area contributed by atoms with Crippen LogP contribution in [0, 0.1) is 0 Å². The molecule has 0 aliphatic carbocycles. The van der Waals surface area contributed by atoms with Crippen LogP contribution >= 0.6 is 11.3 Å². The van der Waals surface area contributed by atoms with Crippen LogP contribution in [0.15, 0.2) is 60.0 Å². The number of carboxylic acid groups (broad SMARTS) is 1. The molecule has 0 saturated heterocycles. The predicted molar refractivity (Wildman–Crippen MR) is 131 cm³/mol. The van der Waals surface area contributed by atoms with Gasteiger partial charge in [-0.3, -0.25) is 14.9 Å². The number of ether oxygens (including phenoxy) is 2. The number of carboxylic acids is 1. The summed E-state index contributed by atoms with van der Waals surface area (Å²) < 4.78 is 11.0. The molecule has 172 valence electrons. The van der Waals surface area contributed by atoms with Crippen LogP contribution < -0.4 is 14.8 Å². The minimum atomic E-state index is -1.03. The maximum atomic E-state index is 12.7. The van der Waals surface area contributed by atoms with Crippen LogP contribution in [0.2, 0.25) is 0 Å². The van der Waals surface area contributed by atoms with Crippen LogP contribution in [0.4, 0.5) is 0 Å². The summed E-state index contributed by atoms with van der Waals surface area (Å²) in [5, 5.41) is 14.2. The van der Waals surface area contributed by atoms with Crippen molar-refractivity contribution < 1.29 is 24.2 Å². The van der Waals surface area contributed by atoms with Crippen molar-refractivity contribution in [3.8, 4) is 21.9 Å². The number of carbonyl (C=O) groups excluding carboxylic acids is 1. The molecule has 3 rings (SSSR count). The van der Waals surface area contributed by atoms with E-state index in [1.807, 2.05) is 41.8 Å². The number of benzene rings is 2. The number of allylic oxidation sites excluding steroid dienone is 1. The van der Waals surface area contributed by atoms with Crippen LogP contribution in [0.1, 0.15) is 35.3 Å². The van der Waals surface area contributed by atoms with E-state index in [2.05, 4.69) is 5.32 Å². The molecule has 2 N–H and O–H groups in total. The Hall–Kier alpha value is -3.42. The topological polar surface area (TPSA) is 84.9 Å². The zero-order chi connectivity index (χ0) is 24.0. The highest BCUT2D eigenvalue weighted by Gasteiger charge is 2.25. The minimum absolute atomic E-state index is 0.143. The fourth-order valence-electron chi connectivity index (χ4n) is 3.13. The molecule has 2 aromatic carbocycles. The molecule has 0 bridgehead atoms. The molecule has 7 heteroatoms. The van der Waals surface area contributed by atoms with Gasteiger partial charge in [0.15, 0.2) is 5.78 Å². The summed E-state index contributed by atoms with van der Waals surface area (Å²) in [5.74, 6) is 0.248. The number of carbonyl (C=O) groups is 2. The van der Waals surface area contributed by atoms with Crippen molar-refractivity contribution in [1.82, 2.24) is 5.32 Å². The Kier molecular flexibility index (Phi) is 7.68. The monoisotopic (exact) mass is 465 g/mol. The molecular weight excluding hydrogens is 438 g/mol. The second-order valence-corrected chi connectivity index (χ2v) is 8.90. The quantitative estimate of drug-likeness (QED) is 0.313. The first kappa shape index (κ1) is 24.2. The first-order chi connectivity index (χ1) is 15.7. The molecule has 0 radical (unpaired) electrons. The lowest BCUT2D eigenvalue weighted by Crippen LogP contribution is -2.46. The van der Waals surface area contributed by atoms with E-state index >= 15 is 0 Å². The van der Waals surface area contributed by atoms with Gasteiger partial charge in [0, 0.05) is 34.2 Å². The highest BCUT2D eigenvalue weighted by atomic mass is 32.1. The molecule has 3 aromatic rings. The van der Waals surface area contributed by atoms with Crippen LogP contribution in [0.25, 0.3) is 16.5 Å². The summed E-state index contributed by atoms with van der Waals surface area (Å²) in [6.07, 6.45) is 3.26. The average Bonchev–Trinajstić information content (AvgIpc) is 3.35. The highest BCUT2D eigenvalue weighted by molar-refractivity contribution is 7.13. The largest absolute Gasteiger partial charge is 0.496 e. The van der Waals surface area contributed by atoms with Crippen LogP contribution in [0.5, 0.6) is 11.5 Å². The molecule has 1 heterocycles. The third-order valence-electron chi connectivity index (χ3n) is 5.26. The molecule has 0 unspecified atom stereocenters. The van der Waals surface area contributed by atoms with Crippen molar-refractivity contribution >= 4 is 29.2 Å². The summed E-state index contributed by atoms with van der Waals surface area (Å²) in [6.45, 7) is 3.60. The molecule has 0 spiro atoms. The Balaban J connectivity index is 1.77. The zero-order valence-corrected chi connectivity index (χ0v) is 19.9. The maximum absolute atomic E-state index is 12.7. The Morgan fingerprint density at radius 3 is 2.33 bits per heavy atom. The van der Waals surface area contributed by atoms with Gasteiger partial charge in [-0.1, -0.05) is 30.3 Å². The lowest BCUT2D eigenvalue weighted by Gasteiger charge is -2.21. The Bertz CT molecular complexity index is 1150. The number of ketones is 1. The van der Waals surface area contributed by atoms with E-state index < -0.39 is 11.5 Å². The van der Waals surface area contributed by atoms with Crippen molar-refractivity contribution in [1.29, 1.82) is 0 Å². The number of rotatable bonds is 10. The van der Waals surface area contributed by atoms with Gasteiger partial charge in [0.2, 0.25) is 0 Å². The smallest absolute Gasteiger partial charge is 0.323 e. The SMILES string of the molecule is COc1cc(OC)c(-c2cccs2)cc1/C=C/C(=O)c1ccc(CNC(C)(C)C(=O)O)cc1. The normalized spacial score (nSPS) is 11.5. The highest BCUT2D eigenvalue weighted by Crippen LogP contribution is 2.38. The van der Waals surface area contributed by atoms with Gasteiger partial charge in [0.25, 0.3) is 0 Å². The van der Waals surface area contributed by atoms with Gasteiger partial charge in [-0.25, -0.2) is 0 Å². The van der Waals surface area contributed by atoms with Crippen molar-refractivity contribution in [2.45, 2.75) is 25.9 Å². The van der Waals surface area contributed by atoms with Gasteiger partial charge >= 0.3 is 5.97 Å². The molecule has 0 aliphatic heterocycles. The molecule has 0 aliphatic rings. The lowest BCUT2D eigenvalue weighted by molar-refractivity contribution is -0.143.